The second-order valence-corrected chi connectivity index (χ2v) is 5.41. The molecule has 2 rings (SSSR count). The Morgan fingerprint density at radius 1 is 1.29 bits per heavy atom. The van der Waals surface area contributed by atoms with Crippen LogP contribution >= 0.6 is 0 Å². The van der Waals surface area contributed by atoms with Gasteiger partial charge in [0.15, 0.2) is 0 Å². The molecule has 0 saturated carbocycles. The Hall–Kier alpha value is -1.59. The monoisotopic (exact) mass is 291 g/mol. The number of piperazine rings is 1. The Balaban J connectivity index is 1.89. The topological polar surface area (TPSA) is 58.8 Å². The van der Waals surface area contributed by atoms with Crippen molar-refractivity contribution in [3.05, 3.63) is 29.3 Å². The second-order valence-electron chi connectivity index (χ2n) is 5.41. The second kappa shape index (κ2) is 7.43. The molecule has 1 heterocycles. The van der Waals surface area contributed by atoms with E-state index in [1.807, 2.05) is 30.9 Å². The summed E-state index contributed by atoms with van der Waals surface area (Å²) in [6.07, 6.45) is 0. The quantitative estimate of drug-likeness (QED) is 0.657. The number of carbonyl (C=O) groups excluding carboxylic acids is 1. The summed E-state index contributed by atoms with van der Waals surface area (Å²) in [4.78, 5) is 16.8. The predicted molar refractivity (Wildman–Crippen MR) is 84.4 cm³/mol. The summed E-state index contributed by atoms with van der Waals surface area (Å²) >= 11 is 0. The molecule has 1 aliphatic heterocycles. The third-order valence-electron chi connectivity index (χ3n) is 3.91. The van der Waals surface area contributed by atoms with E-state index < -0.39 is 0 Å². The molecule has 0 bridgehead atoms. The maximum atomic E-state index is 12.6. The van der Waals surface area contributed by atoms with Gasteiger partial charge in [-0.25, -0.2) is 0 Å². The first kappa shape index (κ1) is 15.8. The van der Waals surface area contributed by atoms with E-state index in [9.17, 15) is 4.79 Å². The third kappa shape index (κ3) is 4.19. The third-order valence-corrected chi connectivity index (χ3v) is 3.91. The van der Waals surface area contributed by atoms with Gasteiger partial charge in [0.05, 0.1) is 6.61 Å². The van der Waals surface area contributed by atoms with Gasteiger partial charge in [-0.05, 0) is 31.5 Å². The lowest BCUT2D eigenvalue weighted by Crippen LogP contribution is -2.49. The molecule has 5 heteroatoms. The molecule has 0 aromatic heterocycles. The predicted octanol–water partition coefficient (Wildman–Crippen LogP) is 1.37. The van der Waals surface area contributed by atoms with E-state index in [-0.39, 0.29) is 5.91 Å². The fourth-order valence-corrected chi connectivity index (χ4v) is 2.55. The molecule has 21 heavy (non-hydrogen) atoms. The number of amides is 1. The van der Waals surface area contributed by atoms with Crippen molar-refractivity contribution in [3.8, 4) is 0 Å². The molecular formula is C16H25N3O2. The van der Waals surface area contributed by atoms with Gasteiger partial charge >= 0.3 is 0 Å². The molecule has 1 fully saturated rings. The van der Waals surface area contributed by atoms with Crippen molar-refractivity contribution in [1.29, 1.82) is 0 Å². The van der Waals surface area contributed by atoms with Gasteiger partial charge in [0.2, 0.25) is 0 Å². The summed E-state index contributed by atoms with van der Waals surface area (Å²) in [6, 6.07) is 5.51. The molecule has 1 aromatic rings. The van der Waals surface area contributed by atoms with Crippen LogP contribution in [0.3, 0.4) is 0 Å². The molecule has 5 nitrogen and oxygen atoms in total. The molecule has 116 valence electrons. The molecule has 1 amide bonds. The number of hydrogen-bond donors (Lipinski definition) is 1. The zero-order valence-electron chi connectivity index (χ0n) is 13.0. The molecule has 0 radical (unpaired) electrons. The van der Waals surface area contributed by atoms with E-state index in [0.29, 0.717) is 5.69 Å². The van der Waals surface area contributed by atoms with Gasteiger partial charge in [-0.2, -0.15) is 0 Å². The number of carbonyl (C=O) groups is 1. The maximum absolute atomic E-state index is 12.6. The molecule has 0 aliphatic carbocycles. The Morgan fingerprint density at radius 3 is 2.67 bits per heavy atom. The van der Waals surface area contributed by atoms with E-state index in [1.54, 1.807) is 6.07 Å². The summed E-state index contributed by atoms with van der Waals surface area (Å²) in [7, 11) is 0. The molecule has 1 aromatic carbocycles. The van der Waals surface area contributed by atoms with Crippen LogP contribution in [0.15, 0.2) is 18.2 Å². The van der Waals surface area contributed by atoms with Crippen molar-refractivity contribution in [2.24, 2.45) is 0 Å². The first-order valence-corrected chi connectivity index (χ1v) is 7.57. The number of nitrogens with zero attached hydrogens (tertiary/aromatic N) is 2. The van der Waals surface area contributed by atoms with Crippen molar-refractivity contribution >= 4 is 11.6 Å². The highest BCUT2D eigenvalue weighted by molar-refractivity contribution is 5.96. The molecule has 2 N–H and O–H groups in total. The molecule has 1 aliphatic rings. The van der Waals surface area contributed by atoms with Crippen molar-refractivity contribution in [2.45, 2.75) is 13.8 Å². The van der Waals surface area contributed by atoms with Crippen LogP contribution in [0, 0.1) is 6.92 Å². The van der Waals surface area contributed by atoms with Crippen LogP contribution in [0.1, 0.15) is 22.8 Å². The van der Waals surface area contributed by atoms with Crippen LogP contribution in [0.4, 0.5) is 5.69 Å². The SMILES string of the molecule is CCOCCN1CCN(C(=O)c2cc(N)ccc2C)CC1. The van der Waals surface area contributed by atoms with Crippen LogP contribution in [0.2, 0.25) is 0 Å². The van der Waals surface area contributed by atoms with Gasteiger partial charge in [-0.3, -0.25) is 9.69 Å². The van der Waals surface area contributed by atoms with Crippen molar-refractivity contribution in [2.75, 3.05) is 51.7 Å². The first-order chi connectivity index (χ1) is 10.1. The van der Waals surface area contributed by atoms with Crippen molar-refractivity contribution in [3.63, 3.8) is 0 Å². The van der Waals surface area contributed by atoms with Gasteiger partial charge in [0.25, 0.3) is 5.91 Å². The number of rotatable bonds is 5. The van der Waals surface area contributed by atoms with E-state index in [0.717, 1.165) is 57.1 Å². The number of nitrogen functional groups attached to an aromatic ring is 1. The van der Waals surface area contributed by atoms with Crippen LogP contribution in [-0.2, 0) is 4.74 Å². The van der Waals surface area contributed by atoms with E-state index >= 15 is 0 Å². The van der Waals surface area contributed by atoms with E-state index in [2.05, 4.69) is 4.90 Å². The Labute approximate surface area is 126 Å². The highest BCUT2D eigenvalue weighted by atomic mass is 16.5. The lowest BCUT2D eigenvalue weighted by molar-refractivity contribution is 0.0564. The van der Waals surface area contributed by atoms with Crippen LogP contribution < -0.4 is 5.73 Å². The lowest BCUT2D eigenvalue weighted by atomic mass is 10.1. The van der Waals surface area contributed by atoms with Crippen LogP contribution in [0.25, 0.3) is 0 Å². The number of aryl methyl sites for hydroxylation is 1. The Kier molecular flexibility index (Phi) is 5.59. The highest BCUT2D eigenvalue weighted by Crippen LogP contribution is 2.16. The molecule has 0 spiro atoms. The minimum atomic E-state index is 0.0873. The molecular weight excluding hydrogens is 266 g/mol. The Morgan fingerprint density at radius 2 is 2.00 bits per heavy atom. The number of anilines is 1. The molecule has 0 unspecified atom stereocenters. The van der Waals surface area contributed by atoms with Gasteiger partial charge in [-0.15, -0.1) is 0 Å². The van der Waals surface area contributed by atoms with Gasteiger partial charge in [-0.1, -0.05) is 6.07 Å². The van der Waals surface area contributed by atoms with Crippen LogP contribution in [0.5, 0.6) is 0 Å². The number of nitrogens with two attached hydrogens (primary N) is 1. The fourth-order valence-electron chi connectivity index (χ4n) is 2.55. The van der Waals surface area contributed by atoms with E-state index in [4.69, 9.17) is 10.5 Å². The summed E-state index contributed by atoms with van der Waals surface area (Å²) < 4.78 is 5.37. The Bertz CT molecular complexity index is 482. The molecule has 0 atom stereocenters. The highest BCUT2D eigenvalue weighted by Gasteiger charge is 2.22. The summed E-state index contributed by atoms with van der Waals surface area (Å²) in [6.45, 7) is 9.74. The smallest absolute Gasteiger partial charge is 0.254 e. The number of benzene rings is 1. The minimum Gasteiger partial charge on any atom is -0.399 e. The van der Waals surface area contributed by atoms with Gasteiger partial charge in [0.1, 0.15) is 0 Å². The summed E-state index contributed by atoms with van der Waals surface area (Å²) in [5.41, 5.74) is 8.13. The van der Waals surface area contributed by atoms with Crippen molar-refractivity contribution < 1.29 is 9.53 Å². The first-order valence-electron chi connectivity index (χ1n) is 7.57. The zero-order chi connectivity index (χ0) is 15.2. The fraction of sp³-hybridized carbons (Fsp3) is 0.562. The summed E-state index contributed by atoms with van der Waals surface area (Å²) in [5, 5.41) is 0. The van der Waals surface area contributed by atoms with E-state index in [1.165, 1.54) is 0 Å². The normalized spacial score (nSPS) is 16.2. The number of hydrogen-bond acceptors (Lipinski definition) is 4. The average molecular weight is 291 g/mol. The lowest BCUT2D eigenvalue weighted by Gasteiger charge is -2.35. The largest absolute Gasteiger partial charge is 0.399 e. The average Bonchev–Trinajstić information content (AvgIpc) is 2.50. The summed E-state index contributed by atoms with van der Waals surface area (Å²) in [5.74, 6) is 0.0873. The standard InChI is InChI=1S/C16H25N3O2/c1-3-21-11-10-18-6-8-19(9-7-18)16(20)15-12-14(17)5-4-13(15)2/h4-5,12H,3,6-11,17H2,1-2H3. The van der Waals surface area contributed by atoms with Crippen LogP contribution in [-0.4, -0.2) is 61.6 Å². The number of ether oxygens (including phenoxy) is 1. The zero-order valence-corrected chi connectivity index (χ0v) is 13.0. The van der Waals surface area contributed by atoms with Crippen molar-refractivity contribution in [1.82, 2.24) is 9.80 Å². The minimum absolute atomic E-state index is 0.0873. The van der Waals surface area contributed by atoms with Gasteiger partial charge in [0, 0.05) is 50.6 Å². The molecule has 1 saturated heterocycles. The van der Waals surface area contributed by atoms with Gasteiger partial charge < -0.3 is 15.4 Å². The maximum Gasteiger partial charge on any atom is 0.254 e.